The summed E-state index contributed by atoms with van der Waals surface area (Å²) < 4.78 is 0. The highest BCUT2D eigenvalue weighted by molar-refractivity contribution is 5.87. The van der Waals surface area contributed by atoms with E-state index in [0.29, 0.717) is 18.5 Å². The summed E-state index contributed by atoms with van der Waals surface area (Å²) in [5.74, 6) is -0.0978. The van der Waals surface area contributed by atoms with Crippen LogP contribution in [0.25, 0.3) is 11.1 Å². The monoisotopic (exact) mass is 389 g/mol. The van der Waals surface area contributed by atoms with Gasteiger partial charge in [-0.15, -0.1) is 0 Å². The number of carbonyl (C=O) groups is 2. The molecule has 0 spiro atoms. The molecule has 2 aliphatic heterocycles. The Bertz CT molecular complexity index is 962. The van der Waals surface area contributed by atoms with E-state index < -0.39 is 0 Å². The molecular weight excluding hydrogens is 366 g/mol. The molecule has 29 heavy (non-hydrogen) atoms. The lowest BCUT2D eigenvalue weighted by molar-refractivity contribution is -0.166. The van der Waals surface area contributed by atoms with Gasteiger partial charge in [-0.3, -0.25) is 9.59 Å². The zero-order valence-corrected chi connectivity index (χ0v) is 16.3. The number of amides is 2. The van der Waals surface area contributed by atoms with Gasteiger partial charge in [0.25, 0.3) is 0 Å². The number of nitrogens with zero attached hydrogens (tertiary/aromatic N) is 3. The topological polar surface area (TPSA) is 84.6 Å². The fraction of sp³-hybridized carbons (Fsp3) is 0.348. The Morgan fingerprint density at radius 2 is 1.76 bits per heavy atom. The number of aliphatic hydroxyl groups excluding tert-OH is 1. The van der Waals surface area contributed by atoms with E-state index in [-0.39, 0.29) is 43.0 Å². The molecule has 1 N–H and O–H groups in total. The first kappa shape index (κ1) is 19.2. The van der Waals surface area contributed by atoms with Crippen molar-refractivity contribution in [3.8, 4) is 17.2 Å². The van der Waals surface area contributed by atoms with Crippen LogP contribution in [0.4, 0.5) is 0 Å². The van der Waals surface area contributed by atoms with Crippen molar-refractivity contribution in [1.29, 1.82) is 5.26 Å². The average Bonchev–Trinajstić information content (AvgIpc) is 2.75. The Kier molecular flexibility index (Phi) is 5.08. The quantitative estimate of drug-likeness (QED) is 0.868. The van der Waals surface area contributed by atoms with Crippen molar-refractivity contribution in [2.24, 2.45) is 0 Å². The second-order valence-corrected chi connectivity index (χ2v) is 7.58. The maximum atomic E-state index is 12.5. The Balaban J connectivity index is 1.57. The van der Waals surface area contributed by atoms with Crippen molar-refractivity contribution in [2.45, 2.75) is 31.3 Å². The number of hydrogen-bond acceptors (Lipinski definition) is 4. The molecule has 0 unspecified atom stereocenters. The van der Waals surface area contributed by atoms with E-state index in [0.717, 1.165) is 16.7 Å². The first-order chi connectivity index (χ1) is 14.1. The predicted octanol–water partition coefficient (Wildman–Crippen LogP) is 2.13. The van der Waals surface area contributed by atoms with Crippen molar-refractivity contribution in [3.63, 3.8) is 0 Å². The number of hydrogen-bond donors (Lipinski definition) is 1. The first-order valence-electron chi connectivity index (χ1n) is 9.87. The predicted molar refractivity (Wildman–Crippen MR) is 108 cm³/mol. The SMILES string of the molecule is CCC(=O)N1CC(=O)N2[C@H](CO)[C@H](c3ccc(-c4ccc(C#N)cc4)cc3)[C@H]2C1. The molecule has 0 aromatic heterocycles. The van der Waals surface area contributed by atoms with Gasteiger partial charge in [-0.1, -0.05) is 43.3 Å². The third-order valence-corrected chi connectivity index (χ3v) is 6.05. The van der Waals surface area contributed by atoms with Crippen LogP contribution in [-0.4, -0.2) is 58.5 Å². The molecule has 2 fully saturated rings. The van der Waals surface area contributed by atoms with Crippen molar-refractivity contribution < 1.29 is 14.7 Å². The van der Waals surface area contributed by atoms with Gasteiger partial charge >= 0.3 is 0 Å². The molecule has 0 saturated carbocycles. The number of rotatable bonds is 4. The maximum absolute atomic E-state index is 12.5. The maximum Gasteiger partial charge on any atom is 0.242 e. The summed E-state index contributed by atoms with van der Waals surface area (Å²) in [5.41, 5.74) is 3.75. The van der Waals surface area contributed by atoms with Crippen molar-refractivity contribution in [3.05, 3.63) is 59.7 Å². The Hall–Kier alpha value is -3.17. The van der Waals surface area contributed by atoms with Crippen molar-refractivity contribution in [1.82, 2.24) is 9.80 Å². The fourth-order valence-electron chi connectivity index (χ4n) is 4.55. The van der Waals surface area contributed by atoms with E-state index in [1.165, 1.54) is 0 Å². The molecule has 3 atom stereocenters. The first-order valence-corrected chi connectivity index (χ1v) is 9.87. The molecule has 2 heterocycles. The smallest absolute Gasteiger partial charge is 0.242 e. The normalized spacial score (nSPS) is 23.2. The Morgan fingerprint density at radius 3 is 2.31 bits per heavy atom. The van der Waals surface area contributed by atoms with Crippen LogP contribution in [0.2, 0.25) is 0 Å². The van der Waals surface area contributed by atoms with Crippen molar-refractivity contribution in [2.75, 3.05) is 19.7 Å². The molecule has 2 aromatic rings. The lowest BCUT2D eigenvalue weighted by Gasteiger charge is -2.58. The summed E-state index contributed by atoms with van der Waals surface area (Å²) >= 11 is 0. The largest absolute Gasteiger partial charge is 0.394 e. The van der Waals surface area contributed by atoms with Gasteiger partial charge in [0.2, 0.25) is 11.8 Å². The molecule has 2 saturated heterocycles. The van der Waals surface area contributed by atoms with Gasteiger partial charge in [0.15, 0.2) is 0 Å². The Labute approximate surface area is 170 Å². The summed E-state index contributed by atoms with van der Waals surface area (Å²) in [5, 5.41) is 18.8. The Morgan fingerprint density at radius 1 is 1.14 bits per heavy atom. The van der Waals surface area contributed by atoms with Gasteiger partial charge < -0.3 is 14.9 Å². The lowest BCUT2D eigenvalue weighted by atomic mass is 9.73. The van der Waals surface area contributed by atoms with Crippen molar-refractivity contribution >= 4 is 11.8 Å². The van der Waals surface area contributed by atoms with Gasteiger partial charge in [0, 0.05) is 18.9 Å². The molecule has 0 aliphatic carbocycles. The minimum absolute atomic E-state index is 0.00595. The molecule has 2 amide bonds. The van der Waals surface area contributed by atoms with Gasteiger partial charge in [-0.05, 0) is 28.8 Å². The van der Waals surface area contributed by atoms with Gasteiger partial charge in [0.1, 0.15) is 0 Å². The van der Waals surface area contributed by atoms with Crippen LogP contribution in [0.5, 0.6) is 0 Å². The van der Waals surface area contributed by atoms with Gasteiger partial charge in [-0.25, -0.2) is 0 Å². The highest BCUT2D eigenvalue weighted by Gasteiger charge is 2.54. The molecule has 4 rings (SSSR count). The van der Waals surface area contributed by atoms with Gasteiger partial charge in [-0.2, -0.15) is 5.26 Å². The molecule has 2 aromatic carbocycles. The molecule has 6 nitrogen and oxygen atoms in total. The summed E-state index contributed by atoms with van der Waals surface area (Å²) in [6.07, 6.45) is 0.382. The lowest BCUT2D eigenvalue weighted by Crippen LogP contribution is -2.73. The van der Waals surface area contributed by atoms with Crippen LogP contribution in [0, 0.1) is 11.3 Å². The van der Waals surface area contributed by atoms with E-state index in [4.69, 9.17) is 5.26 Å². The standard InChI is InChI=1S/C23H23N3O3/c1-2-21(28)25-12-19-23(20(14-27)26(19)22(29)13-25)18-9-7-17(8-10-18)16-5-3-15(11-24)4-6-16/h3-10,19-20,23,27H,2,12-14H2,1H3/t19-,20-,23-/m1/s1. The number of benzene rings is 2. The summed E-state index contributed by atoms with van der Waals surface area (Å²) in [6.45, 7) is 2.32. The second kappa shape index (κ2) is 7.69. The van der Waals surface area contributed by atoms with Crippen LogP contribution in [0.15, 0.2) is 48.5 Å². The molecular formula is C23H23N3O3. The van der Waals surface area contributed by atoms with Gasteiger partial charge in [0.05, 0.1) is 36.9 Å². The molecule has 6 heteroatoms. The number of carbonyl (C=O) groups excluding carboxylic acids is 2. The van der Waals surface area contributed by atoms with Crippen LogP contribution >= 0.6 is 0 Å². The van der Waals surface area contributed by atoms with Crippen LogP contribution in [0.3, 0.4) is 0 Å². The second-order valence-electron chi connectivity index (χ2n) is 7.58. The molecule has 0 radical (unpaired) electrons. The number of piperazine rings is 1. The zero-order valence-electron chi connectivity index (χ0n) is 16.3. The highest BCUT2D eigenvalue weighted by atomic mass is 16.3. The summed E-state index contributed by atoms with van der Waals surface area (Å²) in [4.78, 5) is 28.0. The van der Waals surface area contributed by atoms with E-state index in [1.807, 2.05) is 36.4 Å². The number of fused-ring (bicyclic) bond motifs is 1. The summed E-state index contributed by atoms with van der Waals surface area (Å²) in [7, 11) is 0. The van der Waals surface area contributed by atoms with E-state index in [2.05, 4.69) is 6.07 Å². The molecule has 148 valence electrons. The minimum Gasteiger partial charge on any atom is -0.394 e. The highest BCUT2D eigenvalue weighted by Crippen LogP contribution is 2.43. The zero-order chi connectivity index (χ0) is 20.5. The van der Waals surface area contributed by atoms with E-state index >= 15 is 0 Å². The molecule has 0 bridgehead atoms. The van der Waals surface area contributed by atoms with Crippen LogP contribution in [0.1, 0.15) is 30.4 Å². The fourth-order valence-corrected chi connectivity index (χ4v) is 4.55. The third-order valence-electron chi connectivity index (χ3n) is 6.05. The third kappa shape index (κ3) is 3.28. The van der Waals surface area contributed by atoms with E-state index in [1.54, 1.807) is 28.9 Å². The summed E-state index contributed by atoms with van der Waals surface area (Å²) in [6, 6.07) is 17.3. The van der Waals surface area contributed by atoms with Crippen LogP contribution < -0.4 is 0 Å². The van der Waals surface area contributed by atoms with E-state index in [9.17, 15) is 14.7 Å². The average molecular weight is 389 g/mol. The minimum atomic E-state index is -0.243. The molecule has 2 aliphatic rings. The number of aliphatic hydroxyl groups is 1. The van der Waals surface area contributed by atoms with Crippen LogP contribution in [-0.2, 0) is 9.59 Å². The number of nitriles is 1.